The Balaban J connectivity index is 1.98. The molecule has 2 aromatic carbocycles. The molecule has 1 amide bonds. The fourth-order valence-electron chi connectivity index (χ4n) is 1.66. The van der Waals surface area contributed by atoms with Crippen LogP contribution >= 0.6 is 0 Å². The molecule has 0 saturated heterocycles. The van der Waals surface area contributed by atoms with E-state index in [1.54, 1.807) is 25.2 Å². The van der Waals surface area contributed by atoms with Gasteiger partial charge in [-0.25, -0.2) is 4.39 Å². The van der Waals surface area contributed by atoms with Crippen LogP contribution in [0.1, 0.15) is 0 Å². The average molecular weight is 273 g/mol. The molecule has 2 rings (SSSR count). The zero-order valence-corrected chi connectivity index (χ0v) is 11.1. The summed E-state index contributed by atoms with van der Waals surface area (Å²) in [7, 11) is 1.59. The van der Waals surface area contributed by atoms with Crippen LogP contribution in [0.2, 0.25) is 0 Å². The standard InChI is InChI=1S/C15H16FN3O/c1-17-15(20)10-18-11-6-8-12(9-7-11)19-14-5-3-2-4-13(14)16/h2-9,18-19H,10H2,1H3,(H,17,20). The molecule has 20 heavy (non-hydrogen) atoms. The Morgan fingerprint density at radius 1 is 1.05 bits per heavy atom. The number of hydrogen-bond acceptors (Lipinski definition) is 3. The van der Waals surface area contributed by atoms with E-state index in [4.69, 9.17) is 0 Å². The lowest BCUT2D eigenvalue weighted by Gasteiger charge is -2.09. The zero-order chi connectivity index (χ0) is 14.4. The Hall–Kier alpha value is -2.56. The van der Waals surface area contributed by atoms with Crippen molar-refractivity contribution in [1.29, 1.82) is 0 Å². The van der Waals surface area contributed by atoms with Crippen LogP contribution in [-0.2, 0) is 4.79 Å². The minimum Gasteiger partial charge on any atom is -0.376 e. The summed E-state index contributed by atoms with van der Waals surface area (Å²) < 4.78 is 13.5. The number of amides is 1. The second-order valence-corrected chi connectivity index (χ2v) is 4.21. The minimum absolute atomic E-state index is 0.0847. The number of nitrogens with one attached hydrogen (secondary N) is 3. The molecule has 0 saturated carbocycles. The second-order valence-electron chi connectivity index (χ2n) is 4.21. The summed E-state index contributed by atoms with van der Waals surface area (Å²) in [6.45, 7) is 0.219. The van der Waals surface area contributed by atoms with Crippen molar-refractivity contribution >= 4 is 23.0 Å². The highest BCUT2D eigenvalue weighted by molar-refractivity contribution is 5.80. The van der Waals surface area contributed by atoms with Crippen LogP contribution in [0.5, 0.6) is 0 Å². The number of halogens is 1. The van der Waals surface area contributed by atoms with Crippen LogP contribution in [0.4, 0.5) is 21.5 Å². The van der Waals surface area contributed by atoms with E-state index >= 15 is 0 Å². The van der Waals surface area contributed by atoms with E-state index in [1.165, 1.54) is 6.07 Å². The summed E-state index contributed by atoms with van der Waals surface area (Å²) in [5.41, 5.74) is 2.03. The highest BCUT2D eigenvalue weighted by Crippen LogP contribution is 2.20. The SMILES string of the molecule is CNC(=O)CNc1ccc(Nc2ccccc2F)cc1. The molecule has 0 aliphatic carbocycles. The Kier molecular flexibility index (Phi) is 4.55. The third kappa shape index (κ3) is 3.71. The highest BCUT2D eigenvalue weighted by Gasteiger charge is 2.01. The van der Waals surface area contributed by atoms with Gasteiger partial charge in [0.15, 0.2) is 0 Å². The van der Waals surface area contributed by atoms with Crippen LogP contribution in [-0.4, -0.2) is 19.5 Å². The molecule has 0 fully saturated rings. The Morgan fingerprint density at radius 3 is 2.35 bits per heavy atom. The van der Waals surface area contributed by atoms with Gasteiger partial charge in [0.2, 0.25) is 5.91 Å². The summed E-state index contributed by atoms with van der Waals surface area (Å²) in [5, 5.41) is 8.51. The maximum atomic E-state index is 13.5. The fourth-order valence-corrected chi connectivity index (χ4v) is 1.66. The molecular formula is C15H16FN3O. The lowest BCUT2D eigenvalue weighted by atomic mass is 10.2. The van der Waals surface area contributed by atoms with Gasteiger partial charge in [0.25, 0.3) is 0 Å². The zero-order valence-electron chi connectivity index (χ0n) is 11.1. The van der Waals surface area contributed by atoms with E-state index in [9.17, 15) is 9.18 Å². The molecule has 0 atom stereocenters. The Morgan fingerprint density at radius 2 is 1.70 bits per heavy atom. The van der Waals surface area contributed by atoms with Gasteiger partial charge in [-0.1, -0.05) is 12.1 Å². The van der Waals surface area contributed by atoms with Gasteiger partial charge in [-0.3, -0.25) is 4.79 Å². The molecule has 104 valence electrons. The summed E-state index contributed by atoms with van der Waals surface area (Å²) in [6, 6.07) is 13.8. The third-order valence-corrected chi connectivity index (χ3v) is 2.77. The Labute approximate surface area is 117 Å². The van der Waals surface area contributed by atoms with E-state index in [1.807, 2.05) is 24.3 Å². The predicted molar refractivity (Wildman–Crippen MR) is 78.7 cm³/mol. The molecule has 0 heterocycles. The van der Waals surface area contributed by atoms with Gasteiger partial charge >= 0.3 is 0 Å². The summed E-state index contributed by atoms with van der Waals surface area (Å²) in [6.07, 6.45) is 0. The summed E-state index contributed by atoms with van der Waals surface area (Å²) >= 11 is 0. The maximum Gasteiger partial charge on any atom is 0.239 e. The second kappa shape index (κ2) is 6.56. The predicted octanol–water partition coefficient (Wildman–Crippen LogP) is 2.73. The molecule has 0 bridgehead atoms. The van der Waals surface area contributed by atoms with Crippen molar-refractivity contribution in [1.82, 2.24) is 5.32 Å². The first-order valence-electron chi connectivity index (χ1n) is 6.25. The van der Waals surface area contributed by atoms with Crippen molar-refractivity contribution in [3.8, 4) is 0 Å². The first kappa shape index (κ1) is 13.9. The van der Waals surface area contributed by atoms with Crippen molar-refractivity contribution in [2.75, 3.05) is 24.2 Å². The third-order valence-electron chi connectivity index (χ3n) is 2.77. The largest absolute Gasteiger partial charge is 0.376 e. The first-order valence-corrected chi connectivity index (χ1v) is 6.25. The van der Waals surface area contributed by atoms with Crippen molar-refractivity contribution in [2.24, 2.45) is 0 Å². The van der Waals surface area contributed by atoms with Gasteiger partial charge in [0, 0.05) is 18.4 Å². The smallest absolute Gasteiger partial charge is 0.239 e. The summed E-state index contributed by atoms with van der Waals surface area (Å²) in [5.74, 6) is -0.382. The molecule has 3 N–H and O–H groups in total. The highest BCUT2D eigenvalue weighted by atomic mass is 19.1. The normalized spacial score (nSPS) is 9.90. The monoisotopic (exact) mass is 273 g/mol. The number of carbonyl (C=O) groups is 1. The lowest BCUT2D eigenvalue weighted by Crippen LogP contribution is -2.26. The van der Waals surface area contributed by atoms with Crippen LogP contribution < -0.4 is 16.0 Å². The number of anilines is 3. The number of benzene rings is 2. The first-order chi connectivity index (χ1) is 9.69. The number of hydrogen-bond donors (Lipinski definition) is 3. The number of carbonyl (C=O) groups excluding carboxylic acids is 1. The van der Waals surface area contributed by atoms with Crippen molar-refractivity contribution in [3.05, 3.63) is 54.3 Å². The van der Waals surface area contributed by atoms with E-state index in [0.717, 1.165) is 11.4 Å². The van der Waals surface area contributed by atoms with Gasteiger partial charge in [0.1, 0.15) is 5.82 Å². The molecule has 5 heteroatoms. The van der Waals surface area contributed by atoms with Crippen LogP contribution in [0.3, 0.4) is 0 Å². The number of para-hydroxylation sites is 1. The number of likely N-dealkylation sites (N-methyl/N-ethyl adjacent to an activating group) is 1. The molecule has 0 aliphatic rings. The quantitative estimate of drug-likeness (QED) is 0.785. The topological polar surface area (TPSA) is 53.2 Å². The maximum absolute atomic E-state index is 13.5. The average Bonchev–Trinajstić information content (AvgIpc) is 2.48. The van der Waals surface area contributed by atoms with Crippen molar-refractivity contribution < 1.29 is 9.18 Å². The molecule has 2 aromatic rings. The molecule has 0 radical (unpaired) electrons. The van der Waals surface area contributed by atoms with Gasteiger partial charge in [-0.2, -0.15) is 0 Å². The van der Waals surface area contributed by atoms with Crippen LogP contribution in [0.25, 0.3) is 0 Å². The molecular weight excluding hydrogens is 257 g/mol. The molecule has 0 aliphatic heterocycles. The van der Waals surface area contributed by atoms with E-state index in [-0.39, 0.29) is 18.3 Å². The molecule has 0 spiro atoms. The van der Waals surface area contributed by atoms with Gasteiger partial charge in [-0.05, 0) is 36.4 Å². The van der Waals surface area contributed by atoms with E-state index in [0.29, 0.717) is 5.69 Å². The van der Waals surface area contributed by atoms with Gasteiger partial charge in [-0.15, -0.1) is 0 Å². The summed E-state index contributed by atoms with van der Waals surface area (Å²) in [4.78, 5) is 11.1. The fraction of sp³-hybridized carbons (Fsp3) is 0.133. The number of rotatable bonds is 5. The van der Waals surface area contributed by atoms with Crippen molar-refractivity contribution in [2.45, 2.75) is 0 Å². The minimum atomic E-state index is -0.297. The van der Waals surface area contributed by atoms with Crippen LogP contribution in [0, 0.1) is 5.82 Å². The molecule has 4 nitrogen and oxygen atoms in total. The van der Waals surface area contributed by atoms with Crippen molar-refractivity contribution in [3.63, 3.8) is 0 Å². The molecule has 0 unspecified atom stereocenters. The Bertz CT molecular complexity index is 584. The van der Waals surface area contributed by atoms with Crippen LogP contribution in [0.15, 0.2) is 48.5 Å². The lowest BCUT2D eigenvalue weighted by molar-refractivity contribution is -0.118. The van der Waals surface area contributed by atoms with Gasteiger partial charge in [0.05, 0.1) is 12.2 Å². The van der Waals surface area contributed by atoms with E-state index in [2.05, 4.69) is 16.0 Å². The van der Waals surface area contributed by atoms with Gasteiger partial charge < -0.3 is 16.0 Å². The van der Waals surface area contributed by atoms with E-state index < -0.39 is 0 Å². The molecule has 0 aromatic heterocycles.